The molecule has 0 aliphatic heterocycles. The number of nitrogens with zero attached hydrogens (tertiary/aromatic N) is 1. The summed E-state index contributed by atoms with van der Waals surface area (Å²) in [6, 6.07) is 4.23. The molecule has 112 valence electrons. The first kappa shape index (κ1) is 15.2. The van der Waals surface area contributed by atoms with Crippen LogP contribution in [0.3, 0.4) is 0 Å². The van der Waals surface area contributed by atoms with Crippen LogP contribution in [0.25, 0.3) is 0 Å². The number of nitrogens with one attached hydrogen (secondary N) is 1. The molecule has 2 aromatic rings. The number of aromatic carboxylic acids is 1. The lowest BCUT2D eigenvalue weighted by Crippen LogP contribution is -2.24. The zero-order chi connectivity index (χ0) is 15.6. The topological polar surface area (TPSA) is 110 Å². The second kappa shape index (κ2) is 5.66. The third-order valence-electron chi connectivity index (χ3n) is 2.97. The molecular formula is C13H14N2O5S. The Morgan fingerprint density at radius 3 is 2.62 bits per heavy atom. The van der Waals surface area contributed by atoms with Gasteiger partial charge in [0.1, 0.15) is 0 Å². The molecule has 1 heterocycles. The van der Waals surface area contributed by atoms with Crippen LogP contribution in [0.5, 0.6) is 0 Å². The minimum atomic E-state index is -3.84. The number of hydrogen-bond acceptors (Lipinski definition) is 5. The van der Waals surface area contributed by atoms with E-state index in [4.69, 9.17) is 9.63 Å². The summed E-state index contributed by atoms with van der Waals surface area (Å²) in [5, 5.41) is 12.6. The van der Waals surface area contributed by atoms with Gasteiger partial charge in [0, 0.05) is 6.07 Å². The standard InChI is InChI=1S/C13H14N2O5S/c1-8-5-9(2)12(6-11(8)13(16)17)21(18,19)15-7-10-3-4-14-20-10/h3-6,15H,7H2,1-2H3,(H,16,17). The number of aromatic nitrogens is 1. The Morgan fingerprint density at radius 2 is 2.05 bits per heavy atom. The molecule has 0 spiro atoms. The first-order valence-electron chi connectivity index (χ1n) is 6.05. The van der Waals surface area contributed by atoms with E-state index in [0.29, 0.717) is 16.9 Å². The van der Waals surface area contributed by atoms with Crippen LogP contribution in [0, 0.1) is 13.8 Å². The first-order chi connectivity index (χ1) is 9.81. The van der Waals surface area contributed by atoms with Gasteiger partial charge >= 0.3 is 5.97 Å². The molecule has 7 nitrogen and oxygen atoms in total. The van der Waals surface area contributed by atoms with Gasteiger partial charge in [-0.15, -0.1) is 0 Å². The molecule has 0 atom stereocenters. The minimum absolute atomic E-state index is 0.0411. The van der Waals surface area contributed by atoms with Crippen molar-refractivity contribution in [2.45, 2.75) is 25.3 Å². The van der Waals surface area contributed by atoms with Gasteiger partial charge in [-0.25, -0.2) is 17.9 Å². The molecule has 0 amide bonds. The Bertz CT molecular complexity index is 766. The van der Waals surface area contributed by atoms with E-state index in [0.717, 1.165) is 6.07 Å². The predicted octanol–water partition coefficient (Wildman–Crippen LogP) is 1.47. The van der Waals surface area contributed by atoms with Crippen molar-refractivity contribution in [1.82, 2.24) is 9.88 Å². The molecule has 1 aromatic heterocycles. The highest BCUT2D eigenvalue weighted by Crippen LogP contribution is 2.21. The maximum absolute atomic E-state index is 12.3. The van der Waals surface area contributed by atoms with Gasteiger partial charge in [-0.05, 0) is 31.0 Å². The SMILES string of the molecule is Cc1cc(C)c(S(=O)(=O)NCc2ccno2)cc1C(=O)O. The van der Waals surface area contributed by atoms with Gasteiger partial charge in [0.25, 0.3) is 0 Å². The summed E-state index contributed by atoms with van der Waals surface area (Å²) in [5.74, 6) is -0.805. The average Bonchev–Trinajstić information content (AvgIpc) is 2.88. The normalized spacial score (nSPS) is 11.5. The third-order valence-corrected chi connectivity index (χ3v) is 4.51. The molecule has 0 radical (unpaired) electrons. The van der Waals surface area contributed by atoms with Crippen molar-refractivity contribution in [3.05, 3.63) is 46.8 Å². The maximum atomic E-state index is 12.3. The predicted molar refractivity (Wildman–Crippen MR) is 73.4 cm³/mol. The molecule has 0 aliphatic rings. The fraction of sp³-hybridized carbons (Fsp3) is 0.231. The number of hydrogen-bond donors (Lipinski definition) is 2. The van der Waals surface area contributed by atoms with Crippen molar-refractivity contribution >= 4 is 16.0 Å². The zero-order valence-electron chi connectivity index (χ0n) is 11.5. The number of sulfonamides is 1. The first-order valence-corrected chi connectivity index (χ1v) is 7.53. The molecule has 0 saturated heterocycles. The van der Waals surface area contributed by atoms with E-state index < -0.39 is 16.0 Å². The molecule has 0 fully saturated rings. The molecule has 0 unspecified atom stereocenters. The number of benzene rings is 1. The number of carbonyl (C=O) groups is 1. The van der Waals surface area contributed by atoms with Crippen molar-refractivity contribution in [2.24, 2.45) is 0 Å². The summed E-state index contributed by atoms with van der Waals surface area (Å²) >= 11 is 0. The summed E-state index contributed by atoms with van der Waals surface area (Å²) in [4.78, 5) is 11.1. The molecule has 21 heavy (non-hydrogen) atoms. The fourth-order valence-corrected chi connectivity index (χ4v) is 3.17. The largest absolute Gasteiger partial charge is 0.478 e. The van der Waals surface area contributed by atoms with E-state index in [1.165, 1.54) is 18.3 Å². The summed E-state index contributed by atoms with van der Waals surface area (Å²) in [6.45, 7) is 3.18. The van der Waals surface area contributed by atoms with E-state index in [1.807, 2.05) is 0 Å². The highest BCUT2D eigenvalue weighted by atomic mass is 32.2. The van der Waals surface area contributed by atoms with E-state index >= 15 is 0 Å². The lowest BCUT2D eigenvalue weighted by atomic mass is 10.1. The highest BCUT2D eigenvalue weighted by molar-refractivity contribution is 7.89. The Kier molecular flexibility index (Phi) is 4.10. The third kappa shape index (κ3) is 3.29. The monoisotopic (exact) mass is 310 g/mol. The van der Waals surface area contributed by atoms with Crippen LogP contribution in [-0.4, -0.2) is 24.7 Å². The van der Waals surface area contributed by atoms with Crippen molar-refractivity contribution in [3.8, 4) is 0 Å². The van der Waals surface area contributed by atoms with Gasteiger partial charge in [-0.1, -0.05) is 11.2 Å². The quantitative estimate of drug-likeness (QED) is 0.865. The smallest absolute Gasteiger partial charge is 0.335 e. The molecule has 0 saturated carbocycles. The van der Waals surface area contributed by atoms with Crippen molar-refractivity contribution in [2.75, 3.05) is 0 Å². The molecule has 1 aromatic carbocycles. The number of aryl methyl sites for hydroxylation is 2. The Labute approximate surface area is 121 Å². The average molecular weight is 310 g/mol. The Balaban J connectivity index is 2.35. The summed E-state index contributed by atoms with van der Waals surface area (Å²) in [6.07, 6.45) is 1.41. The Hall–Kier alpha value is -2.19. The Morgan fingerprint density at radius 1 is 1.33 bits per heavy atom. The molecule has 0 bridgehead atoms. The number of rotatable bonds is 5. The van der Waals surface area contributed by atoms with Gasteiger partial charge < -0.3 is 9.63 Å². The van der Waals surface area contributed by atoms with Crippen LogP contribution in [0.15, 0.2) is 33.8 Å². The molecular weight excluding hydrogens is 296 g/mol. The number of carboxylic acids is 1. The van der Waals surface area contributed by atoms with E-state index in [2.05, 4.69) is 9.88 Å². The van der Waals surface area contributed by atoms with Crippen LogP contribution >= 0.6 is 0 Å². The van der Waals surface area contributed by atoms with Crippen molar-refractivity contribution in [1.29, 1.82) is 0 Å². The van der Waals surface area contributed by atoms with Crippen LogP contribution in [0.4, 0.5) is 0 Å². The van der Waals surface area contributed by atoms with Crippen LogP contribution in [0.2, 0.25) is 0 Å². The van der Waals surface area contributed by atoms with E-state index in [-0.39, 0.29) is 17.0 Å². The van der Waals surface area contributed by atoms with Crippen LogP contribution in [-0.2, 0) is 16.6 Å². The van der Waals surface area contributed by atoms with Gasteiger partial charge in [0.15, 0.2) is 5.76 Å². The lowest BCUT2D eigenvalue weighted by Gasteiger charge is -2.11. The molecule has 2 rings (SSSR count). The summed E-state index contributed by atoms with van der Waals surface area (Å²) in [7, 11) is -3.84. The van der Waals surface area contributed by atoms with Crippen molar-refractivity contribution < 1.29 is 22.8 Å². The maximum Gasteiger partial charge on any atom is 0.335 e. The van der Waals surface area contributed by atoms with Crippen LogP contribution in [0.1, 0.15) is 27.2 Å². The van der Waals surface area contributed by atoms with Gasteiger partial charge in [-0.2, -0.15) is 0 Å². The highest BCUT2D eigenvalue weighted by Gasteiger charge is 2.20. The second-order valence-corrected chi connectivity index (χ2v) is 6.28. The summed E-state index contributed by atoms with van der Waals surface area (Å²) < 4.78 is 31.7. The lowest BCUT2D eigenvalue weighted by molar-refractivity contribution is 0.0696. The van der Waals surface area contributed by atoms with Crippen molar-refractivity contribution in [3.63, 3.8) is 0 Å². The van der Waals surface area contributed by atoms with Crippen LogP contribution < -0.4 is 4.72 Å². The minimum Gasteiger partial charge on any atom is -0.478 e. The van der Waals surface area contributed by atoms with Gasteiger partial charge in [0.2, 0.25) is 10.0 Å². The summed E-state index contributed by atoms with van der Waals surface area (Å²) in [5.41, 5.74) is 0.942. The number of carboxylic acid groups (broad SMARTS) is 1. The molecule has 0 aliphatic carbocycles. The molecule has 2 N–H and O–H groups in total. The van der Waals surface area contributed by atoms with E-state index in [9.17, 15) is 13.2 Å². The van der Waals surface area contributed by atoms with Gasteiger partial charge in [-0.3, -0.25) is 0 Å². The molecule has 8 heteroatoms. The second-order valence-electron chi connectivity index (χ2n) is 4.54. The zero-order valence-corrected chi connectivity index (χ0v) is 12.3. The fourth-order valence-electron chi connectivity index (χ4n) is 1.93. The van der Waals surface area contributed by atoms with Gasteiger partial charge in [0.05, 0.1) is 23.2 Å². The van der Waals surface area contributed by atoms with E-state index in [1.54, 1.807) is 13.8 Å².